The van der Waals surface area contributed by atoms with Crippen molar-refractivity contribution in [1.82, 2.24) is 0 Å². The Kier molecular flexibility index (Phi) is 9.02. The van der Waals surface area contributed by atoms with Gasteiger partial charge in [-0.05, 0) is 66.6 Å². The average Bonchev–Trinajstić information content (AvgIpc) is 2.68. The van der Waals surface area contributed by atoms with Gasteiger partial charge in [-0.3, -0.25) is 0 Å². The van der Waals surface area contributed by atoms with Gasteiger partial charge in [0.15, 0.2) is 0 Å². The Hall–Kier alpha value is -3.35. The van der Waals surface area contributed by atoms with Crippen LogP contribution in [0.25, 0.3) is 5.57 Å². The molecule has 0 spiro atoms. The summed E-state index contributed by atoms with van der Waals surface area (Å²) in [6, 6.07) is 9.51. The fraction of sp³-hybridized carbons (Fsp3) is 0.385. The molecule has 0 aromatic heterocycles. The predicted octanol–water partition coefficient (Wildman–Crippen LogP) is 6.38. The van der Waals surface area contributed by atoms with Crippen molar-refractivity contribution in [3.63, 3.8) is 0 Å². The zero-order chi connectivity index (χ0) is 24.7. The van der Waals surface area contributed by atoms with E-state index in [2.05, 4.69) is 43.2 Å². The third-order valence-corrected chi connectivity index (χ3v) is 4.92. The summed E-state index contributed by atoms with van der Waals surface area (Å²) in [6.45, 7) is 13.5. The lowest BCUT2D eigenvalue weighted by atomic mass is 10.0. The fourth-order valence-electron chi connectivity index (χ4n) is 3.58. The molecule has 0 unspecified atom stereocenters. The molecule has 178 valence electrons. The van der Waals surface area contributed by atoms with Gasteiger partial charge in [0.25, 0.3) is 0 Å². The number of carboxylic acids is 1. The first-order chi connectivity index (χ1) is 15.5. The number of carbonyl (C=O) groups is 2. The number of allylic oxidation sites excluding steroid dienone is 1. The predicted molar refractivity (Wildman–Crippen MR) is 133 cm³/mol. The molecule has 0 aliphatic heterocycles. The number of benzene rings is 2. The minimum Gasteiger partial charge on any atom is -0.478 e. The van der Waals surface area contributed by atoms with E-state index in [0.717, 1.165) is 30.4 Å². The number of carbonyl (C=O) groups excluding carboxylic acids is 1. The molecule has 7 heteroatoms. The van der Waals surface area contributed by atoms with Gasteiger partial charge in [0.1, 0.15) is 5.82 Å². The van der Waals surface area contributed by atoms with Crippen molar-refractivity contribution in [3.05, 3.63) is 59.4 Å². The van der Waals surface area contributed by atoms with Gasteiger partial charge >= 0.3 is 12.0 Å². The molecule has 0 aliphatic rings. The number of anilines is 3. The van der Waals surface area contributed by atoms with E-state index in [1.165, 1.54) is 12.1 Å². The zero-order valence-electron chi connectivity index (χ0n) is 20.2. The third-order valence-electron chi connectivity index (χ3n) is 4.92. The Labute approximate surface area is 195 Å². The van der Waals surface area contributed by atoms with E-state index < -0.39 is 17.8 Å². The van der Waals surface area contributed by atoms with Gasteiger partial charge in [0.05, 0.1) is 17.1 Å². The molecule has 0 bridgehead atoms. The van der Waals surface area contributed by atoms with E-state index in [0.29, 0.717) is 28.7 Å². The maximum Gasteiger partial charge on any atom is 0.328 e. The standard InChI is InChI=1S/C26H34FN3O3/c1-16(2)14-30(15-17(3)4)24-10-8-20(19(6)12-25(31)32)13-23(24)29-26(33)28-22-9-7-18(5)11-21(22)27/h7-13,16-17H,14-15H2,1-6H3,(H,31,32)(H2,28,29,33)/b19-12-. The van der Waals surface area contributed by atoms with Crippen molar-refractivity contribution in [2.75, 3.05) is 28.6 Å². The first-order valence-corrected chi connectivity index (χ1v) is 11.1. The number of nitrogens with one attached hydrogen (secondary N) is 2. The molecule has 3 N–H and O–H groups in total. The number of hydrogen-bond donors (Lipinski definition) is 3. The van der Waals surface area contributed by atoms with Crippen LogP contribution in [0.15, 0.2) is 42.5 Å². The summed E-state index contributed by atoms with van der Waals surface area (Å²) in [5.41, 5.74) is 3.42. The molecule has 0 saturated heterocycles. The van der Waals surface area contributed by atoms with Crippen molar-refractivity contribution in [2.24, 2.45) is 11.8 Å². The highest BCUT2D eigenvalue weighted by Gasteiger charge is 2.18. The number of aliphatic carboxylic acids is 1. The Balaban J connectivity index is 2.45. The summed E-state index contributed by atoms with van der Waals surface area (Å²) >= 11 is 0. The maximum atomic E-state index is 14.2. The highest BCUT2D eigenvalue weighted by molar-refractivity contribution is 6.02. The molecule has 0 heterocycles. The van der Waals surface area contributed by atoms with Crippen LogP contribution >= 0.6 is 0 Å². The first-order valence-electron chi connectivity index (χ1n) is 11.1. The van der Waals surface area contributed by atoms with Gasteiger partial charge in [0, 0.05) is 19.2 Å². The minimum absolute atomic E-state index is 0.0824. The number of aryl methyl sites for hydroxylation is 1. The summed E-state index contributed by atoms with van der Waals surface area (Å²) in [6.07, 6.45) is 1.13. The molecule has 2 rings (SSSR count). The highest BCUT2D eigenvalue weighted by Crippen LogP contribution is 2.31. The van der Waals surface area contributed by atoms with E-state index >= 15 is 0 Å². The van der Waals surface area contributed by atoms with Crippen molar-refractivity contribution in [1.29, 1.82) is 0 Å². The van der Waals surface area contributed by atoms with Crippen LogP contribution in [0.5, 0.6) is 0 Å². The van der Waals surface area contributed by atoms with Crippen molar-refractivity contribution in [3.8, 4) is 0 Å². The number of hydrogen-bond acceptors (Lipinski definition) is 3. The molecule has 0 radical (unpaired) electrons. The molecular weight excluding hydrogens is 421 g/mol. The summed E-state index contributed by atoms with van der Waals surface area (Å²) in [5.74, 6) is -0.777. The maximum absolute atomic E-state index is 14.2. The molecule has 33 heavy (non-hydrogen) atoms. The molecule has 2 amide bonds. The van der Waals surface area contributed by atoms with Gasteiger partial charge in [-0.1, -0.05) is 39.8 Å². The second kappa shape index (κ2) is 11.5. The molecule has 0 fully saturated rings. The third kappa shape index (κ3) is 7.93. The van der Waals surface area contributed by atoms with Crippen LogP contribution in [0.3, 0.4) is 0 Å². The van der Waals surface area contributed by atoms with E-state index in [1.807, 2.05) is 12.1 Å². The second-order valence-corrected chi connectivity index (χ2v) is 9.15. The van der Waals surface area contributed by atoms with Crippen LogP contribution in [0.2, 0.25) is 0 Å². The molecule has 0 saturated carbocycles. The van der Waals surface area contributed by atoms with Crippen molar-refractivity contribution >= 4 is 34.6 Å². The van der Waals surface area contributed by atoms with E-state index in [9.17, 15) is 14.0 Å². The van der Waals surface area contributed by atoms with Gasteiger partial charge < -0.3 is 20.6 Å². The number of carboxylic acid groups (broad SMARTS) is 1. The van der Waals surface area contributed by atoms with Crippen LogP contribution in [-0.2, 0) is 4.79 Å². The Morgan fingerprint density at radius 2 is 1.61 bits per heavy atom. The van der Waals surface area contributed by atoms with Crippen molar-refractivity contribution in [2.45, 2.75) is 41.5 Å². The van der Waals surface area contributed by atoms with Crippen LogP contribution in [0.1, 0.15) is 45.7 Å². The number of halogens is 1. The highest BCUT2D eigenvalue weighted by atomic mass is 19.1. The molecule has 2 aromatic rings. The quantitative estimate of drug-likeness (QED) is 0.383. The normalized spacial score (nSPS) is 11.6. The van der Waals surface area contributed by atoms with Crippen molar-refractivity contribution < 1.29 is 19.1 Å². The van der Waals surface area contributed by atoms with Gasteiger partial charge in [0.2, 0.25) is 0 Å². The van der Waals surface area contributed by atoms with Gasteiger partial charge in [-0.25, -0.2) is 14.0 Å². The molecule has 0 aliphatic carbocycles. The number of amides is 2. The first kappa shape index (κ1) is 25.9. The molecular formula is C26H34FN3O3. The van der Waals surface area contributed by atoms with Crippen LogP contribution in [-0.4, -0.2) is 30.2 Å². The van der Waals surface area contributed by atoms with E-state index in [4.69, 9.17) is 5.11 Å². The lowest BCUT2D eigenvalue weighted by molar-refractivity contribution is -0.131. The minimum atomic E-state index is -1.04. The van der Waals surface area contributed by atoms with Crippen LogP contribution in [0.4, 0.5) is 26.2 Å². The largest absolute Gasteiger partial charge is 0.478 e. The Morgan fingerprint density at radius 3 is 2.15 bits per heavy atom. The Morgan fingerprint density at radius 1 is 1.00 bits per heavy atom. The molecule has 0 atom stereocenters. The summed E-state index contributed by atoms with van der Waals surface area (Å²) in [7, 11) is 0. The van der Waals surface area contributed by atoms with Gasteiger partial charge in [-0.15, -0.1) is 0 Å². The van der Waals surface area contributed by atoms with Crippen LogP contribution < -0.4 is 15.5 Å². The summed E-state index contributed by atoms with van der Waals surface area (Å²) < 4.78 is 14.2. The molecule has 6 nitrogen and oxygen atoms in total. The topological polar surface area (TPSA) is 81.7 Å². The smallest absolute Gasteiger partial charge is 0.328 e. The molecule has 2 aromatic carbocycles. The Bertz CT molecular complexity index is 1020. The monoisotopic (exact) mass is 455 g/mol. The van der Waals surface area contributed by atoms with Crippen LogP contribution in [0, 0.1) is 24.6 Å². The average molecular weight is 456 g/mol. The fourth-order valence-corrected chi connectivity index (χ4v) is 3.58. The second-order valence-electron chi connectivity index (χ2n) is 9.15. The lowest BCUT2D eigenvalue weighted by Crippen LogP contribution is -2.32. The lowest BCUT2D eigenvalue weighted by Gasteiger charge is -2.30. The number of rotatable bonds is 9. The zero-order valence-corrected chi connectivity index (χ0v) is 20.2. The summed E-state index contributed by atoms with van der Waals surface area (Å²) in [4.78, 5) is 26.1. The number of urea groups is 1. The van der Waals surface area contributed by atoms with E-state index in [-0.39, 0.29) is 5.69 Å². The number of nitrogens with zero attached hydrogens (tertiary/aromatic N) is 1. The SMILES string of the molecule is C/C(=C/C(=O)O)c1ccc(N(CC(C)C)CC(C)C)c(NC(=O)Nc2ccc(C)cc2F)c1. The summed E-state index contributed by atoms with van der Waals surface area (Å²) in [5, 5.41) is 14.5. The van der Waals surface area contributed by atoms with E-state index in [1.54, 1.807) is 26.0 Å². The van der Waals surface area contributed by atoms with Gasteiger partial charge in [-0.2, -0.15) is 0 Å².